The molecule has 1 aliphatic heterocycles. The third-order valence-electron chi connectivity index (χ3n) is 5.46. The van der Waals surface area contributed by atoms with E-state index in [9.17, 15) is 4.39 Å². The smallest absolute Gasteiger partial charge is 0.187 e. The number of halogens is 1. The quantitative estimate of drug-likeness (QED) is 0.493. The summed E-state index contributed by atoms with van der Waals surface area (Å²) in [5.74, 6) is -0.0243. The Bertz CT molecular complexity index is 741. The maximum absolute atomic E-state index is 14.3. The second kappa shape index (κ2) is 10.2. The van der Waals surface area contributed by atoms with Crippen LogP contribution in [0.2, 0.25) is 0 Å². The fraction of sp³-hybridized carbons (Fsp3) is 0.591. The molecule has 2 heterocycles. The van der Waals surface area contributed by atoms with E-state index in [2.05, 4.69) is 36.4 Å². The predicted molar refractivity (Wildman–Crippen MR) is 115 cm³/mol. The van der Waals surface area contributed by atoms with Crippen LogP contribution in [-0.2, 0) is 6.54 Å². The highest BCUT2D eigenvalue weighted by atomic mass is 32.1. The van der Waals surface area contributed by atoms with Crippen molar-refractivity contribution in [3.8, 4) is 5.75 Å². The predicted octanol–water partition coefficient (Wildman–Crippen LogP) is 6.36. The first-order chi connectivity index (χ1) is 13.6. The molecule has 2 aromatic rings. The maximum Gasteiger partial charge on any atom is 0.187 e. The summed E-state index contributed by atoms with van der Waals surface area (Å²) >= 11 is 1.56. The Morgan fingerprint density at radius 3 is 2.75 bits per heavy atom. The average molecular weight is 406 g/mol. The van der Waals surface area contributed by atoms with Gasteiger partial charge in [0, 0.05) is 35.8 Å². The molecule has 4 nitrogen and oxygen atoms in total. The fourth-order valence-corrected chi connectivity index (χ4v) is 4.49. The van der Waals surface area contributed by atoms with E-state index >= 15 is 0 Å². The Hall–Kier alpha value is -1.66. The number of rotatable bonds is 9. The van der Waals surface area contributed by atoms with E-state index in [0.717, 1.165) is 36.6 Å². The van der Waals surface area contributed by atoms with E-state index in [1.165, 1.54) is 25.3 Å². The molecule has 1 saturated heterocycles. The zero-order valence-electron chi connectivity index (χ0n) is 17.2. The molecule has 1 fully saturated rings. The summed E-state index contributed by atoms with van der Waals surface area (Å²) in [5.41, 5.74) is 1.77. The summed E-state index contributed by atoms with van der Waals surface area (Å²) in [5, 5.41) is 6.11. The molecule has 0 bridgehead atoms. The van der Waals surface area contributed by atoms with Crippen LogP contribution < -0.4 is 10.1 Å². The van der Waals surface area contributed by atoms with E-state index < -0.39 is 0 Å². The van der Waals surface area contributed by atoms with Crippen molar-refractivity contribution in [3.05, 3.63) is 35.1 Å². The van der Waals surface area contributed by atoms with Gasteiger partial charge in [-0.3, -0.25) is 4.90 Å². The van der Waals surface area contributed by atoms with Crippen molar-refractivity contribution in [1.29, 1.82) is 0 Å². The average Bonchev–Trinajstić information content (AvgIpc) is 3.10. The van der Waals surface area contributed by atoms with Gasteiger partial charge in [-0.25, -0.2) is 9.37 Å². The summed E-state index contributed by atoms with van der Waals surface area (Å²) in [7, 11) is 0. The minimum absolute atomic E-state index is 0.314. The normalized spacial score (nSPS) is 20.3. The number of hydrogen-bond acceptors (Lipinski definition) is 5. The third kappa shape index (κ3) is 5.67. The second-order valence-corrected chi connectivity index (χ2v) is 8.63. The van der Waals surface area contributed by atoms with Gasteiger partial charge in [-0.1, -0.05) is 26.2 Å². The van der Waals surface area contributed by atoms with Crippen LogP contribution in [0.25, 0.3) is 0 Å². The van der Waals surface area contributed by atoms with Crippen molar-refractivity contribution in [2.45, 2.75) is 77.9 Å². The third-order valence-corrected chi connectivity index (χ3v) is 6.27. The monoisotopic (exact) mass is 405 g/mol. The van der Waals surface area contributed by atoms with Gasteiger partial charge in [0.25, 0.3) is 0 Å². The van der Waals surface area contributed by atoms with Crippen molar-refractivity contribution in [1.82, 2.24) is 9.88 Å². The van der Waals surface area contributed by atoms with E-state index in [4.69, 9.17) is 9.72 Å². The van der Waals surface area contributed by atoms with Gasteiger partial charge in [-0.05, 0) is 45.2 Å². The molecule has 0 spiro atoms. The van der Waals surface area contributed by atoms with Gasteiger partial charge < -0.3 is 10.1 Å². The van der Waals surface area contributed by atoms with Crippen molar-refractivity contribution in [2.24, 2.45) is 0 Å². The molecule has 2 unspecified atom stereocenters. The molecule has 6 heteroatoms. The standard InChI is InChI=1S/C22H32FN3OS/c1-4-5-6-12-27-21-11-10-18(13-20(21)23)24-22-25-19(15-28-22)14-26-16(2)8-7-9-17(26)3/h10-11,13,15-17H,4-9,12,14H2,1-3H3,(H,24,25). The molecule has 154 valence electrons. The minimum atomic E-state index is -0.339. The highest BCUT2D eigenvalue weighted by molar-refractivity contribution is 7.13. The number of ether oxygens (including phenoxy) is 1. The number of hydrogen-bond donors (Lipinski definition) is 1. The minimum Gasteiger partial charge on any atom is -0.491 e. The van der Waals surface area contributed by atoms with Gasteiger partial charge in [-0.15, -0.1) is 11.3 Å². The zero-order valence-corrected chi connectivity index (χ0v) is 18.0. The molecule has 0 radical (unpaired) electrons. The Morgan fingerprint density at radius 2 is 2.04 bits per heavy atom. The molecule has 1 N–H and O–H groups in total. The van der Waals surface area contributed by atoms with E-state index in [1.54, 1.807) is 17.4 Å². The van der Waals surface area contributed by atoms with Crippen LogP contribution in [0.1, 0.15) is 65.0 Å². The van der Waals surface area contributed by atoms with Gasteiger partial charge in [0.05, 0.1) is 12.3 Å². The molecule has 28 heavy (non-hydrogen) atoms. The molecular formula is C22H32FN3OS. The summed E-state index contributed by atoms with van der Waals surface area (Å²) < 4.78 is 19.8. The van der Waals surface area contributed by atoms with E-state index in [-0.39, 0.29) is 5.82 Å². The van der Waals surface area contributed by atoms with Gasteiger partial charge in [0.1, 0.15) is 0 Å². The SMILES string of the molecule is CCCCCOc1ccc(Nc2nc(CN3C(C)CCCC3C)cs2)cc1F. The number of nitrogens with zero attached hydrogens (tertiary/aromatic N) is 2. The van der Waals surface area contributed by atoms with Crippen molar-refractivity contribution >= 4 is 22.2 Å². The highest BCUT2D eigenvalue weighted by Crippen LogP contribution is 2.28. The lowest BCUT2D eigenvalue weighted by Gasteiger charge is -2.38. The summed E-state index contributed by atoms with van der Waals surface area (Å²) in [6.07, 6.45) is 7.00. The van der Waals surface area contributed by atoms with Crippen LogP contribution in [0.5, 0.6) is 5.75 Å². The molecule has 1 aliphatic rings. The van der Waals surface area contributed by atoms with Crippen LogP contribution in [0.15, 0.2) is 23.6 Å². The summed E-state index contributed by atoms with van der Waals surface area (Å²) in [6.45, 7) is 8.17. The van der Waals surface area contributed by atoms with Gasteiger partial charge >= 0.3 is 0 Å². The molecule has 0 amide bonds. The maximum atomic E-state index is 14.3. The van der Waals surface area contributed by atoms with E-state index in [0.29, 0.717) is 30.1 Å². The summed E-state index contributed by atoms with van der Waals surface area (Å²) in [4.78, 5) is 7.24. The molecule has 1 aromatic carbocycles. The van der Waals surface area contributed by atoms with Crippen LogP contribution >= 0.6 is 11.3 Å². The van der Waals surface area contributed by atoms with E-state index in [1.807, 2.05) is 6.07 Å². The molecule has 0 saturated carbocycles. The number of anilines is 2. The number of piperidine rings is 1. The first-order valence-electron chi connectivity index (χ1n) is 10.5. The molecule has 0 aliphatic carbocycles. The number of unbranched alkanes of at least 4 members (excludes halogenated alkanes) is 2. The molecule has 3 rings (SSSR count). The summed E-state index contributed by atoms with van der Waals surface area (Å²) in [6, 6.07) is 6.20. The first-order valence-corrected chi connectivity index (χ1v) is 11.3. The fourth-order valence-electron chi connectivity index (χ4n) is 3.76. The van der Waals surface area contributed by atoms with Crippen molar-refractivity contribution in [2.75, 3.05) is 11.9 Å². The lowest BCUT2D eigenvalue weighted by atomic mass is 9.97. The largest absolute Gasteiger partial charge is 0.491 e. The number of likely N-dealkylation sites (tertiary alicyclic amines) is 1. The Balaban J connectivity index is 1.56. The second-order valence-electron chi connectivity index (χ2n) is 7.77. The molecule has 2 atom stereocenters. The zero-order chi connectivity index (χ0) is 19.9. The van der Waals surface area contributed by atoms with Crippen LogP contribution in [-0.4, -0.2) is 28.6 Å². The first kappa shape index (κ1) is 21.1. The van der Waals surface area contributed by atoms with Crippen molar-refractivity contribution in [3.63, 3.8) is 0 Å². The Kier molecular flexibility index (Phi) is 7.68. The van der Waals surface area contributed by atoms with Gasteiger partial charge in [0.15, 0.2) is 16.7 Å². The lowest BCUT2D eigenvalue weighted by Crippen LogP contribution is -2.43. The number of nitrogens with one attached hydrogen (secondary N) is 1. The van der Waals surface area contributed by atoms with Crippen molar-refractivity contribution < 1.29 is 9.13 Å². The van der Waals surface area contributed by atoms with Crippen LogP contribution in [0.3, 0.4) is 0 Å². The Morgan fingerprint density at radius 1 is 1.25 bits per heavy atom. The lowest BCUT2D eigenvalue weighted by molar-refractivity contribution is 0.0941. The molecule has 1 aromatic heterocycles. The highest BCUT2D eigenvalue weighted by Gasteiger charge is 2.25. The Labute approximate surface area is 172 Å². The van der Waals surface area contributed by atoms with Gasteiger partial charge in [0.2, 0.25) is 0 Å². The van der Waals surface area contributed by atoms with Crippen LogP contribution in [0.4, 0.5) is 15.2 Å². The molecular weight excluding hydrogens is 373 g/mol. The topological polar surface area (TPSA) is 37.4 Å². The van der Waals surface area contributed by atoms with Gasteiger partial charge in [-0.2, -0.15) is 0 Å². The number of aromatic nitrogens is 1. The number of benzene rings is 1. The number of thiazole rings is 1. The van der Waals surface area contributed by atoms with Crippen LogP contribution in [0, 0.1) is 5.82 Å².